The van der Waals surface area contributed by atoms with Gasteiger partial charge in [-0.2, -0.15) is 4.98 Å². The third-order valence-electron chi connectivity index (χ3n) is 6.33. The van der Waals surface area contributed by atoms with Crippen LogP contribution in [-0.4, -0.2) is 15.3 Å². The lowest BCUT2D eigenvalue weighted by atomic mass is 9.92. The molecular formula is C28H26N4OS. The predicted octanol–water partition coefficient (Wildman–Crippen LogP) is 6.53. The fourth-order valence-electron chi connectivity index (χ4n) is 4.25. The fourth-order valence-corrected chi connectivity index (χ4v) is 4.62. The number of aromatic nitrogens is 2. The smallest absolute Gasteiger partial charge is 0.258 e. The molecule has 1 unspecified atom stereocenters. The maximum absolute atomic E-state index is 5.86. The molecule has 0 bridgehead atoms. The number of para-hydroxylation sites is 1. The molecular weight excluding hydrogens is 440 g/mol. The van der Waals surface area contributed by atoms with Gasteiger partial charge in [-0.05, 0) is 68.7 Å². The lowest BCUT2D eigenvalue weighted by Gasteiger charge is -2.37. The number of hydrogen-bond donors (Lipinski definition) is 1. The number of aryl methyl sites for hydroxylation is 3. The van der Waals surface area contributed by atoms with Crippen LogP contribution >= 0.6 is 12.2 Å². The van der Waals surface area contributed by atoms with Crippen LogP contribution in [0, 0.1) is 20.8 Å². The summed E-state index contributed by atoms with van der Waals surface area (Å²) in [6.07, 6.45) is 0. The molecule has 170 valence electrons. The Bertz CT molecular complexity index is 1390. The van der Waals surface area contributed by atoms with Crippen LogP contribution in [0.3, 0.4) is 0 Å². The van der Waals surface area contributed by atoms with Crippen molar-refractivity contribution in [1.29, 1.82) is 0 Å². The normalized spacial score (nSPS) is 16.1. The van der Waals surface area contributed by atoms with Crippen LogP contribution < -0.4 is 10.2 Å². The number of hydrogen-bond acceptors (Lipinski definition) is 4. The Morgan fingerprint density at radius 3 is 2.32 bits per heavy atom. The summed E-state index contributed by atoms with van der Waals surface area (Å²) < 4.78 is 5.86. The van der Waals surface area contributed by atoms with E-state index in [1.165, 1.54) is 16.7 Å². The lowest BCUT2D eigenvalue weighted by Crippen LogP contribution is -2.46. The summed E-state index contributed by atoms with van der Waals surface area (Å²) in [6.45, 7) is 8.35. The van der Waals surface area contributed by atoms with E-state index in [-0.39, 0.29) is 6.04 Å². The third kappa shape index (κ3) is 4.01. The number of nitrogens with one attached hydrogen (secondary N) is 1. The molecule has 3 aromatic carbocycles. The summed E-state index contributed by atoms with van der Waals surface area (Å²) in [5, 5.41) is 8.47. The average Bonchev–Trinajstić information content (AvgIpc) is 3.31. The van der Waals surface area contributed by atoms with Crippen LogP contribution in [0.1, 0.15) is 41.1 Å². The molecule has 0 saturated heterocycles. The average molecular weight is 467 g/mol. The van der Waals surface area contributed by atoms with Crippen molar-refractivity contribution >= 4 is 28.6 Å². The Labute approximate surface area is 205 Å². The van der Waals surface area contributed by atoms with Gasteiger partial charge in [-0.3, -0.25) is 4.90 Å². The van der Waals surface area contributed by atoms with Gasteiger partial charge in [0.25, 0.3) is 5.89 Å². The van der Waals surface area contributed by atoms with E-state index in [9.17, 15) is 0 Å². The van der Waals surface area contributed by atoms with Gasteiger partial charge in [0.05, 0.1) is 11.6 Å². The highest BCUT2D eigenvalue weighted by molar-refractivity contribution is 7.80. The molecule has 1 aliphatic rings. The lowest BCUT2D eigenvalue weighted by molar-refractivity contribution is 0.404. The molecule has 0 radical (unpaired) electrons. The predicted molar refractivity (Wildman–Crippen MR) is 140 cm³/mol. The van der Waals surface area contributed by atoms with Crippen molar-refractivity contribution in [3.63, 3.8) is 0 Å². The van der Waals surface area contributed by atoms with Gasteiger partial charge in [0.15, 0.2) is 5.11 Å². The molecule has 5 rings (SSSR count). The third-order valence-corrected chi connectivity index (χ3v) is 6.63. The zero-order chi connectivity index (χ0) is 23.8. The molecule has 4 aromatic rings. The van der Waals surface area contributed by atoms with Crippen LogP contribution in [0.2, 0.25) is 0 Å². The van der Waals surface area contributed by atoms with Crippen LogP contribution in [0.4, 0.5) is 5.69 Å². The van der Waals surface area contributed by atoms with E-state index in [1.54, 1.807) is 0 Å². The van der Waals surface area contributed by atoms with Gasteiger partial charge in [0.1, 0.15) is 0 Å². The molecule has 5 nitrogen and oxygen atoms in total. The number of thiocarbonyl (C=S) groups is 1. The molecule has 2 heterocycles. The van der Waals surface area contributed by atoms with Gasteiger partial charge in [-0.25, -0.2) is 0 Å². The zero-order valence-corrected chi connectivity index (χ0v) is 20.5. The summed E-state index contributed by atoms with van der Waals surface area (Å²) in [6, 6.07) is 24.4. The van der Waals surface area contributed by atoms with E-state index in [2.05, 4.69) is 56.4 Å². The van der Waals surface area contributed by atoms with E-state index < -0.39 is 0 Å². The van der Waals surface area contributed by atoms with E-state index in [0.717, 1.165) is 28.1 Å². The molecule has 0 spiro atoms. The number of anilines is 1. The highest BCUT2D eigenvalue weighted by Gasteiger charge is 2.34. The molecule has 34 heavy (non-hydrogen) atoms. The van der Waals surface area contributed by atoms with Gasteiger partial charge in [0.2, 0.25) is 5.82 Å². The van der Waals surface area contributed by atoms with E-state index in [1.807, 2.05) is 59.5 Å². The first-order valence-corrected chi connectivity index (χ1v) is 11.7. The topological polar surface area (TPSA) is 54.2 Å². The molecule has 0 saturated carbocycles. The van der Waals surface area contributed by atoms with Crippen molar-refractivity contribution < 1.29 is 4.52 Å². The number of rotatable bonds is 4. The minimum Gasteiger partial charge on any atom is -0.351 e. The molecule has 1 aliphatic heterocycles. The van der Waals surface area contributed by atoms with Crippen molar-refractivity contribution in [2.75, 3.05) is 4.90 Å². The maximum Gasteiger partial charge on any atom is 0.258 e. The molecule has 0 aliphatic carbocycles. The Kier molecular flexibility index (Phi) is 5.75. The minimum atomic E-state index is -0.210. The van der Waals surface area contributed by atoms with E-state index in [0.29, 0.717) is 16.8 Å². The Morgan fingerprint density at radius 1 is 0.882 bits per heavy atom. The molecule has 1 atom stereocenters. The Hall–Kier alpha value is -3.77. The second-order valence-electron chi connectivity index (χ2n) is 8.69. The first-order valence-electron chi connectivity index (χ1n) is 11.3. The van der Waals surface area contributed by atoms with E-state index in [4.69, 9.17) is 21.7 Å². The van der Waals surface area contributed by atoms with Crippen LogP contribution in [0.25, 0.3) is 17.0 Å². The quantitative estimate of drug-likeness (QED) is 0.345. The van der Waals surface area contributed by atoms with Crippen LogP contribution in [0.15, 0.2) is 83.0 Å². The second-order valence-corrected chi connectivity index (χ2v) is 9.07. The number of nitrogens with zero attached hydrogens (tertiary/aromatic N) is 3. The summed E-state index contributed by atoms with van der Waals surface area (Å²) in [5.74, 6) is 1.04. The van der Waals surface area contributed by atoms with Crippen molar-refractivity contribution in [2.24, 2.45) is 0 Å². The zero-order valence-electron chi connectivity index (χ0n) is 19.7. The Morgan fingerprint density at radius 2 is 1.62 bits per heavy atom. The standard InChI is InChI=1S/C28H26N4OS/c1-17-10-13-21(14-11-17)26-30-27(33-31-26)24-20(4)32(23-8-6-5-7-9-23)28(34)29-25(24)22-15-12-18(2)19(3)16-22/h5-16,25H,1-4H3,(H,29,34). The van der Waals surface area contributed by atoms with Gasteiger partial charge < -0.3 is 9.84 Å². The van der Waals surface area contributed by atoms with Crippen LogP contribution in [0.5, 0.6) is 0 Å². The van der Waals surface area contributed by atoms with Crippen LogP contribution in [-0.2, 0) is 0 Å². The molecule has 0 fully saturated rings. The van der Waals surface area contributed by atoms with Gasteiger partial charge in [-0.15, -0.1) is 0 Å². The minimum absolute atomic E-state index is 0.210. The van der Waals surface area contributed by atoms with Gasteiger partial charge >= 0.3 is 0 Å². The first-order chi connectivity index (χ1) is 16.4. The summed E-state index contributed by atoms with van der Waals surface area (Å²) in [7, 11) is 0. The number of allylic oxidation sites excluding steroid dienone is 1. The summed E-state index contributed by atoms with van der Waals surface area (Å²) in [4.78, 5) is 6.83. The van der Waals surface area contributed by atoms with Crippen molar-refractivity contribution in [2.45, 2.75) is 33.7 Å². The largest absolute Gasteiger partial charge is 0.351 e. The van der Waals surface area contributed by atoms with Crippen molar-refractivity contribution in [3.8, 4) is 11.4 Å². The summed E-state index contributed by atoms with van der Waals surface area (Å²) in [5.41, 5.74) is 8.51. The monoisotopic (exact) mass is 466 g/mol. The molecule has 6 heteroatoms. The molecule has 1 N–H and O–H groups in total. The summed E-state index contributed by atoms with van der Waals surface area (Å²) >= 11 is 5.83. The fraction of sp³-hybridized carbons (Fsp3) is 0.179. The second kappa shape index (κ2) is 8.88. The maximum atomic E-state index is 5.86. The highest BCUT2D eigenvalue weighted by Crippen LogP contribution is 2.39. The van der Waals surface area contributed by atoms with Crippen molar-refractivity contribution in [1.82, 2.24) is 15.5 Å². The molecule has 1 aromatic heterocycles. The van der Waals surface area contributed by atoms with E-state index >= 15 is 0 Å². The SMILES string of the molecule is CC1=C(c2nc(-c3ccc(C)cc3)no2)C(c2ccc(C)c(C)c2)NC(=S)N1c1ccccc1. The molecule has 0 amide bonds. The van der Waals surface area contributed by atoms with Gasteiger partial charge in [-0.1, -0.05) is 71.4 Å². The number of benzene rings is 3. The van der Waals surface area contributed by atoms with Crippen molar-refractivity contribution in [3.05, 3.63) is 107 Å². The highest BCUT2D eigenvalue weighted by atomic mass is 32.1. The first kappa shape index (κ1) is 22.0. The Balaban J connectivity index is 1.66. The van der Waals surface area contributed by atoms with Gasteiger partial charge in [0, 0.05) is 16.9 Å².